The van der Waals surface area contributed by atoms with Crippen molar-refractivity contribution < 1.29 is 12.9 Å². The van der Waals surface area contributed by atoms with E-state index in [1.165, 1.54) is 0 Å². The summed E-state index contributed by atoms with van der Waals surface area (Å²) in [5.41, 5.74) is 1.56. The zero-order valence-corrected chi connectivity index (χ0v) is 18.4. The Bertz CT molecular complexity index is 939. The second-order valence-corrected chi connectivity index (χ2v) is 10.5. The standard InChI is InChI=1S/C20H30N4O3S/c1-14-7-8-15(2)17(13-14)28(25,26)24-11-9-23(10-12-24)16(3)18-21-19(22-27-18)20(4,5)6/h7-8,13,16H,9-12H2,1-6H3. The highest BCUT2D eigenvalue weighted by atomic mass is 32.2. The van der Waals surface area contributed by atoms with Crippen molar-refractivity contribution in [2.75, 3.05) is 26.2 Å². The molecule has 0 radical (unpaired) electrons. The summed E-state index contributed by atoms with van der Waals surface area (Å²) < 4.78 is 33.2. The molecule has 1 atom stereocenters. The van der Waals surface area contributed by atoms with Crippen molar-refractivity contribution in [2.45, 2.75) is 57.9 Å². The van der Waals surface area contributed by atoms with Gasteiger partial charge in [-0.25, -0.2) is 8.42 Å². The molecule has 2 heterocycles. The lowest BCUT2D eigenvalue weighted by Gasteiger charge is -2.36. The Labute approximate surface area is 167 Å². The molecule has 1 aromatic carbocycles. The number of hydrogen-bond acceptors (Lipinski definition) is 6. The van der Waals surface area contributed by atoms with Crippen LogP contribution in [0.1, 0.15) is 56.6 Å². The molecule has 1 unspecified atom stereocenters. The van der Waals surface area contributed by atoms with Gasteiger partial charge in [0.25, 0.3) is 0 Å². The van der Waals surface area contributed by atoms with Crippen LogP contribution in [0.3, 0.4) is 0 Å². The lowest BCUT2D eigenvalue weighted by atomic mass is 9.96. The van der Waals surface area contributed by atoms with Crippen LogP contribution in [0.15, 0.2) is 27.6 Å². The van der Waals surface area contributed by atoms with Crippen molar-refractivity contribution in [3.8, 4) is 0 Å². The number of hydrogen-bond donors (Lipinski definition) is 0. The van der Waals surface area contributed by atoms with Gasteiger partial charge in [-0.1, -0.05) is 38.1 Å². The number of nitrogens with zero attached hydrogens (tertiary/aromatic N) is 4. The first-order valence-electron chi connectivity index (χ1n) is 9.65. The Morgan fingerprint density at radius 1 is 1.11 bits per heavy atom. The van der Waals surface area contributed by atoms with Crippen LogP contribution in [-0.2, 0) is 15.4 Å². The van der Waals surface area contributed by atoms with Crippen molar-refractivity contribution in [3.63, 3.8) is 0 Å². The van der Waals surface area contributed by atoms with Gasteiger partial charge in [-0.05, 0) is 38.0 Å². The molecule has 0 aliphatic carbocycles. The van der Waals surface area contributed by atoms with Crippen LogP contribution in [0, 0.1) is 13.8 Å². The van der Waals surface area contributed by atoms with E-state index in [2.05, 4.69) is 15.0 Å². The molecule has 0 N–H and O–H groups in total. The SMILES string of the molecule is Cc1ccc(C)c(S(=O)(=O)N2CCN(C(C)c3nc(C(C)(C)C)no3)CC2)c1. The summed E-state index contributed by atoms with van der Waals surface area (Å²) in [4.78, 5) is 7.14. The largest absolute Gasteiger partial charge is 0.338 e. The first kappa shape index (κ1) is 21.0. The number of sulfonamides is 1. The zero-order chi connectivity index (χ0) is 20.7. The summed E-state index contributed by atoms with van der Waals surface area (Å²) in [6.07, 6.45) is 0. The molecule has 1 aliphatic heterocycles. The van der Waals surface area contributed by atoms with E-state index in [4.69, 9.17) is 4.52 Å². The van der Waals surface area contributed by atoms with Gasteiger partial charge >= 0.3 is 0 Å². The van der Waals surface area contributed by atoms with Gasteiger partial charge in [0, 0.05) is 31.6 Å². The first-order chi connectivity index (χ1) is 13.0. The maximum atomic E-state index is 13.1. The number of aromatic nitrogens is 2. The van der Waals surface area contributed by atoms with Gasteiger partial charge in [-0.3, -0.25) is 4.90 Å². The second-order valence-electron chi connectivity index (χ2n) is 8.59. The van der Waals surface area contributed by atoms with Gasteiger partial charge in [0.1, 0.15) is 0 Å². The van der Waals surface area contributed by atoms with E-state index in [0.717, 1.165) is 11.1 Å². The Morgan fingerprint density at radius 3 is 2.32 bits per heavy atom. The minimum atomic E-state index is -3.49. The number of rotatable bonds is 4. The molecular weight excluding hydrogens is 376 g/mol. The van der Waals surface area contributed by atoms with Crippen LogP contribution >= 0.6 is 0 Å². The predicted octanol–water partition coefficient (Wildman–Crippen LogP) is 3.05. The molecule has 0 spiro atoms. The quantitative estimate of drug-likeness (QED) is 0.776. The average Bonchev–Trinajstić information content (AvgIpc) is 3.13. The number of benzene rings is 1. The van der Waals surface area contributed by atoms with Gasteiger partial charge in [0.05, 0.1) is 10.9 Å². The van der Waals surface area contributed by atoms with Crippen molar-refractivity contribution in [1.29, 1.82) is 0 Å². The number of piperazine rings is 1. The van der Waals surface area contributed by atoms with E-state index in [1.54, 1.807) is 10.4 Å². The van der Waals surface area contributed by atoms with E-state index in [9.17, 15) is 8.42 Å². The molecule has 28 heavy (non-hydrogen) atoms. The number of aryl methyl sites for hydroxylation is 2. The molecule has 1 saturated heterocycles. The molecule has 0 bridgehead atoms. The lowest BCUT2D eigenvalue weighted by molar-refractivity contribution is 0.124. The summed E-state index contributed by atoms with van der Waals surface area (Å²) in [6, 6.07) is 5.51. The minimum absolute atomic E-state index is 0.0471. The van der Waals surface area contributed by atoms with Crippen molar-refractivity contribution in [3.05, 3.63) is 41.0 Å². The van der Waals surface area contributed by atoms with Crippen LogP contribution in [0.25, 0.3) is 0 Å². The fourth-order valence-electron chi connectivity index (χ4n) is 3.32. The van der Waals surface area contributed by atoms with Gasteiger partial charge in [0.15, 0.2) is 5.82 Å². The highest BCUT2D eigenvalue weighted by Crippen LogP contribution is 2.27. The molecule has 1 aromatic heterocycles. The van der Waals surface area contributed by atoms with Crippen LogP contribution < -0.4 is 0 Å². The van der Waals surface area contributed by atoms with Crippen LogP contribution in [0.5, 0.6) is 0 Å². The third kappa shape index (κ3) is 4.14. The average molecular weight is 407 g/mol. The molecule has 7 nitrogen and oxygen atoms in total. The van der Waals surface area contributed by atoms with Gasteiger partial charge in [-0.2, -0.15) is 9.29 Å². The predicted molar refractivity (Wildman–Crippen MR) is 108 cm³/mol. The van der Waals surface area contributed by atoms with Gasteiger partial charge in [0.2, 0.25) is 15.9 Å². The van der Waals surface area contributed by atoms with E-state index in [-0.39, 0.29) is 11.5 Å². The third-order valence-corrected chi connectivity index (χ3v) is 7.29. The van der Waals surface area contributed by atoms with E-state index >= 15 is 0 Å². The maximum Gasteiger partial charge on any atom is 0.243 e. The second kappa shape index (κ2) is 7.57. The van der Waals surface area contributed by atoms with Crippen LogP contribution in [0.2, 0.25) is 0 Å². The molecule has 0 amide bonds. The Morgan fingerprint density at radius 2 is 1.75 bits per heavy atom. The molecule has 8 heteroatoms. The molecule has 3 rings (SSSR count). The molecule has 154 valence electrons. The fourth-order valence-corrected chi connectivity index (χ4v) is 5.05. The van der Waals surface area contributed by atoms with Gasteiger partial charge in [-0.15, -0.1) is 0 Å². The Balaban J connectivity index is 1.70. The molecule has 2 aromatic rings. The van der Waals surface area contributed by atoms with Crippen LogP contribution in [-0.4, -0.2) is 53.9 Å². The summed E-state index contributed by atoms with van der Waals surface area (Å²) in [7, 11) is -3.49. The molecule has 1 fully saturated rings. The highest BCUT2D eigenvalue weighted by Gasteiger charge is 2.33. The summed E-state index contributed by atoms with van der Waals surface area (Å²) in [5.74, 6) is 1.27. The molecular formula is C20H30N4O3S. The summed E-state index contributed by atoms with van der Waals surface area (Å²) in [5, 5.41) is 4.10. The van der Waals surface area contributed by atoms with Crippen molar-refractivity contribution in [1.82, 2.24) is 19.3 Å². The maximum absolute atomic E-state index is 13.1. The smallest absolute Gasteiger partial charge is 0.243 e. The van der Waals surface area contributed by atoms with Crippen LogP contribution in [0.4, 0.5) is 0 Å². The monoisotopic (exact) mass is 406 g/mol. The molecule has 1 aliphatic rings. The van der Waals surface area contributed by atoms with E-state index in [0.29, 0.717) is 42.8 Å². The molecule has 0 saturated carbocycles. The minimum Gasteiger partial charge on any atom is -0.338 e. The Hall–Kier alpha value is -1.77. The van der Waals surface area contributed by atoms with E-state index in [1.807, 2.05) is 53.7 Å². The lowest BCUT2D eigenvalue weighted by Crippen LogP contribution is -2.49. The first-order valence-corrected chi connectivity index (χ1v) is 11.1. The van der Waals surface area contributed by atoms with Gasteiger partial charge < -0.3 is 4.52 Å². The summed E-state index contributed by atoms with van der Waals surface area (Å²) in [6.45, 7) is 14.0. The van der Waals surface area contributed by atoms with Crippen molar-refractivity contribution >= 4 is 10.0 Å². The van der Waals surface area contributed by atoms with Crippen molar-refractivity contribution in [2.24, 2.45) is 0 Å². The third-order valence-electron chi connectivity index (χ3n) is 5.25. The Kier molecular flexibility index (Phi) is 5.67. The highest BCUT2D eigenvalue weighted by molar-refractivity contribution is 7.89. The van der Waals surface area contributed by atoms with E-state index < -0.39 is 10.0 Å². The topological polar surface area (TPSA) is 79.5 Å². The summed E-state index contributed by atoms with van der Waals surface area (Å²) >= 11 is 0. The normalized spacial score (nSPS) is 18.4. The zero-order valence-electron chi connectivity index (χ0n) is 17.6. The fraction of sp³-hybridized carbons (Fsp3) is 0.600.